The highest BCUT2D eigenvalue weighted by Gasteiger charge is 2.56. The molecule has 0 radical (unpaired) electrons. The monoisotopic (exact) mass is 776 g/mol. The number of nitrogens with one attached hydrogen (secondary N) is 1. The van der Waals surface area contributed by atoms with Crippen molar-refractivity contribution in [2.75, 3.05) is 46.2 Å². The Morgan fingerprint density at radius 1 is 1.18 bits per heavy atom. The van der Waals surface area contributed by atoms with Crippen molar-refractivity contribution in [3.05, 3.63) is 69.9 Å². The summed E-state index contributed by atoms with van der Waals surface area (Å²) in [6, 6.07) is 9.66. The number of aliphatic hydroxyl groups is 1. The van der Waals surface area contributed by atoms with Gasteiger partial charge in [0, 0.05) is 79.7 Å². The fourth-order valence-electron chi connectivity index (χ4n) is 9.81. The summed E-state index contributed by atoms with van der Waals surface area (Å²) < 4.78 is 16.8. The molecule has 4 N–H and O–H groups in total. The molecule has 2 bridgehead atoms. The molecular formula is C43H61FN6O4S. The third kappa shape index (κ3) is 8.84. The number of nitrogens with zero attached hydrogens (tertiary/aromatic N) is 4. The Hall–Kier alpha value is -3.26. The van der Waals surface area contributed by atoms with Crippen molar-refractivity contribution < 1.29 is 23.9 Å². The maximum absolute atomic E-state index is 16.8. The number of anilines is 1. The Balaban J connectivity index is 1.23. The number of nitrogens with two attached hydrogens (primary N) is 1. The number of hydrogen-bond donors (Lipinski definition) is 3. The van der Waals surface area contributed by atoms with E-state index in [1.165, 1.54) is 17.8 Å². The van der Waals surface area contributed by atoms with E-state index in [1.54, 1.807) is 41.8 Å². The SMILES string of the molecule is C[C@@H]1[C@@H](CCC(=O)[C@@H]2[C@H]([C@H](C)O)[C@H](CN)ON2Cc2cccc(-c3cc(C(=O)N[C@@H](Cc4cscn4)CN(C)C)cc(N(C)C)c3)c2F)C[C@H]2C[C@@H]1C2(C)C. The van der Waals surface area contributed by atoms with E-state index >= 15 is 4.39 Å². The molecule has 1 aromatic heterocycles. The van der Waals surface area contributed by atoms with E-state index in [1.807, 2.05) is 55.5 Å². The lowest BCUT2D eigenvalue weighted by molar-refractivity contribution is -0.173. The summed E-state index contributed by atoms with van der Waals surface area (Å²) in [5.41, 5.74) is 11.6. The highest BCUT2D eigenvalue weighted by atomic mass is 32.1. The lowest BCUT2D eigenvalue weighted by Crippen LogP contribution is -2.55. The van der Waals surface area contributed by atoms with Gasteiger partial charge >= 0.3 is 0 Å². The molecule has 300 valence electrons. The molecule has 3 aliphatic carbocycles. The highest BCUT2D eigenvalue weighted by molar-refractivity contribution is 7.07. The minimum atomic E-state index is -0.845. The summed E-state index contributed by atoms with van der Waals surface area (Å²) in [4.78, 5) is 42.6. The van der Waals surface area contributed by atoms with Crippen LogP contribution in [0.25, 0.3) is 11.1 Å². The number of thiazole rings is 1. The van der Waals surface area contributed by atoms with Crippen LogP contribution in [0.3, 0.4) is 0 Å². The molecule has 4 aliphatic rings. The van der Waals surface area contributed by atoms with Crippen molar-refractivity contribution in [1.82, 2.24) is 20.3 Å². The molecule has 1 saturated heterocycles. The van der Waals surface area contributed by atoms with Gasteiger partial charge < -0.3 is 26.0 Å². The van der Waals surface area contributed by atoms with Crippen molar-refractivity contribution in [2.24, 2.45) is 40.7 Å². The van der Waals surface area contributed by atoms with Crippen molar-refractivity contribution in [3.63, 3.8) is 0 Å². The van der Waals surface area contributed by atoms with E-state index in [9.17, 15) is 14.7 Å². The fourth-order valence-corrected chi connectivity index (χ4v) is 10.4. The average Bonchev–Trinajstić information content (AvgIpc) is 3.79. The van der Waals surface area contributed by atoms with Crippen molar-refractivity contribution in [2.45, 2.75) is 90.6 Å². The topological polar surface area (TPSA) is 124 Å². The van der Waals surface area contributed by atoms with Crippen molar-refractivity contribution in [3.8, 4) is 11.1 Å². The molecule has 2 heterocycles. The van der Waals surface area contributed by atoms with Gasteiger partial charge in [0.15, 0.2) is 5.78 Å². The van der Waals surface area contributed by atoms with Crippen molar-refractivity contribution in [1.29, 1.82) is 0 Å². The molecular weight excluding hydrogens is 716 g/mol. The second kappa shape index (κ2) is 17.1. The Labute approximate surface area is 330 Å². The smallest absolute Gasteiger partial charge is 0.251 e. The van der Waals surface area contributed by atoms with Crippen LogP contribution < -0.4 is 16.0 Å². The first-order chi connectivity index (χ1) is 26.1. The van der Waals surface area contributed by atoms with Crippen LogP contribution in [0.15, 0.2) is 47.3 Å². The molecule has 7 rings (SSSR count). The molecule has 0 unspecified atom stereocenters. The second-order valence-electron chi connectivity index (χ2n) is 17.5. The minimum absolute atomic E-state index is 0.000749. The van der Waals surface area contributed by atoms with Crippen LogP contribution in [0.5, 0.6) is 0 Å². The van der Waals surface area contributed by atoms with Gasteiger partial charge in [0.25, 0.3) is 5.91 Å². The number of hydrogen-bond acceptors (Lipinski definition) is 10. The second-order valence-corrected chi connectivity index (χ2v) is 18.2. The first kappa shape index (κ1) is 41.4. The normalized spacial score (nSPS) is 27.1. The molecule has 9 atom stereocenters. The largest absolute Gasteiger partial charge is 0.393 e. The quantitative estimate of drug-likeness (QED) is 0.160. The van der Waals surface area contributed by atoms with Gasteiger partial charge in [-0.25, -0.2) is 9.37 Å². The molecule has 1 aliphatic heterocycles. The van der Waals surface area contributed by atoms with Crippen LogP contribution in [0, 0.1) is 40.8 Å². The van der Waals surface area contributed by atoms with E-state index in [2.05, 4.69) is 31.1 Å². The van der Waals surface area contributed by atoms with Crippen LogP contribution in [-0.4, -0.2) is 97.3 Å². The summed E-state index contributed by atoms with van der Waals surface area (Å²) in [5.74, 6) is 1.20. The first-order valence-corrected chi connectivity index (χ1v) is 20.8. The Morgan fingerprint density at radius 3 is 2.56 bits per heavy atom. The maximum atomic E-state index is 16.8. The number of likely N-dealkylation sites (N-methyl/N-ethyl adjacent to an activating group) is 1. The predicted octanol–water partition coefficient (Wildman–Crippen LogP) is 6.03. The molecule has 4 fully saturated rings. The van der Waals surface area contributed by atoms with E-state index < -0.39 is 30.0 Å². The van der Waals surface area contributed by atoms with E-state index in [-0.39, 0.29) is 30.8 Å². The van der Waals surface area contributed by atoms with Crippen molar-refractivity contribution >= 4 is 28.7 Å². The number of Topliss-reactive ketones (excluding diaryl/α,β-unsaturated/α-hetero) is 1. The van der Waals surface area contributed by atoms with Gasteiger partial charge in [-0.2, -0.15) is 5.06 Å². The summed E-state index contributed by atoms with van der Waals surface area (Å²) in [5, 5.41) is 17.7. The minimum Gasteiger partial charge on any atom is -0.393 e. The number of aliphatic hydroxyl groups excluding tert-OH is 1. The zero-order chi connectivity index (χ0) is 39.8. The van der Waals surface area contributed by atoms with E-state index in [0.717, 1.165) is 24.2 Å². The van der Waals surface area contributed by atoms with Gasteiger partial charge in [-0.1, -0.05) is 39.0 Å². The van der Waals surface area contributed by atoms with Crippen LogP contribution >= 0.6 is 11.3 Å². The fraction of sp³-hybridized carbons (Fsp3) is 0.605. The Kier molecular flexibility index (Phi) is 12.8. The third-order valence-electron chi connectivity index (χ3n) is 13.0. The molecule has 2 aromatic carbocycles. The summed E-state index contributed by atoms with van der Waals surface area (Å²) >= 11 is 1.52. The average molecular weight is 777 g/mol. The number of hydroxylamine groups is 2. The number of fused-ring (bicyclic) bond motifs is 2. The molecule has 10 nitrogen and oxygen atoms in total. The van der Waals surface area contributed by atoms with Gasteiger partial charge in [-0.15, -0.1) is 11.3 Å². The van der Waals surface area contributed by atoms with Gasteiger partial charge in [0.1, 0.15) is 11.9 Å². The third-order valence-corrected chi connectivity index (χ3v) is 13.7. The lowest BCUT2D eigenvalue weighted by Gasteiger charge is -2.62. The van der Waals surface area contributed by atoms with Crippen LogP contribution in [-0.2, 0) is 22.6 Å². The number of amides is 1. The number of carbonyl (C=O) groups is 2. The van der Waals surface area contributed by atoms with Gasteiger partial charge in [-0.3, -0.25) is 14.4 Å². The Bertz CT molecular complexity index is 1800. The van der Waals surface area contributed by atoms with E-state index in [4.69, 9.17) is 10.6 Å². The van der Waals surface area contributed by atoms with Crippen LogP contribution in [0.4, 0.5) is 10.1 Å². The summed E-state index contributed by atoms with van der Waals surface area (Å²) in [6.45, 7) is 9.53. The number of aromatic nitrogens is 1. The molecule has 12 heteroatoms. The lowest BCUT2D eigenvalue weighted by atomic mass is 9.43. The zero-order valence-corrected chi connectivity index (χ0v) is 34.6. The number of halogens is 1. The number of ketones is 1. The van der Waals surface area contributed by atoms with Crippen LogP contribution in [0.1, 0.15) is 75.0 Å². The number of carbonyl (C=O) groups excluding carboxylic acids is 2. The molecule has 3 saturated carbocycles. The van der Waals surface area contributed by atoms with Gasteiger partial charge in [0.2, 0.25) is 0 Å². The number of benzene rings is 2. The summed E-state index contributed by atoms with van der Waals surface area (Å²) in [6.07, 6.45) is 2.78. The standard InChI is InChI=1S/C43H61FN6O4S/c1-25-27(15-31-18-36(25)43(31,3)4)12-13-37(52)41-39(26(2)51)38(20-45)54-50(41)21-28-10-9-11-35(40(28)44)29-14-30(17-34(16-29)49(7)8)42(53)47-32(22-48(5)6)19-33-23-55-24-46-33/h9-11,14,16-17,23-27,31-32,36,38-39,41,51H,12-13,15,18-22,45H2,1-8H3,(H,47,53)/t25-,26+,27+,31+,32+,36+,38+,39-,41-/m1/s1. The molecule has 0 spiro atoms. The molecule has 1 amide bonds. The molecule has 55 heavy (non-hydrogen) atoms. The maximum Gasteiger partial charge on any atom is 0.251 e. The van der Waals surface area contributed by atoms with Crippen LogP contribution in [0.2, 0.25) is 0 Å². The summed E-state index contributed by atoms with van der Waals surface area (Å²) in [7, 11) is 7.70. The first-order valence-electron chi connectivity index (χ1n) is 19.9. The molecule has 3 aromatic rings. The van der Waals surface area contributed by atoms with E-state index in [0.29, 0.717) is 70.7 Å². The van der Waals surface area contributed by atoms with Gasteiger partial charge in [0.05, 0.1) is 30.0 Å². The van der Waals surface area contributed by atoms with Gasteiger partial charge in [-0.05, 0) is 93.1 Å². The number of rotatable bonds is 16. The predicted molar refractivity (Wildman–Crippen MR) is 217 cm³/mol. The Morgan fingerprint density at radius 2 is 1.95 bits per heavy atom. The highest BCUT2D eigenvalue weighted by Crippen LogP contribution is 2.63. The zero-order valence-electron chi connectivity index (χ0n) is 33.8.